The number of hydrogen-bond acceptors (Lipinski definition) is 3. The van der Waals surface area contributed by atoms with Crippen LogP contribution in [0.4, 0.5) is 4.79 Å². The molecule has 0 heterocycles. The summed E-state index contributed by atoms with van der Waals surface area (Å²) in [7, 11) is 1.43. The Morgan fingerprint density at radius 3 is 2.53 bits per heavy atom. The fourth-order valence-corrected chi connectivity index (χ4v) is 1.28. The van der Waals surface area contributed by atoms with Gasteiger partial charge in [0.1, 0.15) is 0 Å². The summed E-state index contributed by atoms with van der Waals surface area (Å²) in [6, 6.07) is -0.284. The van der Waals surface area contributed by atoms with Crippen molar-refractivity contribution in [2.75, 3.05) is 20.2 Å². The van der Waals surface area contributed by atoms with Crippen molar-refractivity contribution < 1.29 is 19.4 Å². The van der Waals surface area contributed by atoms with Crippen LogP contribution in [0, 0.1) is 0 Å². The predicted octanol–water partition coefficient (Wildman–Crippen LogP) is 0.965. The highest BCUT2D eigenvalue weighted by Crippen LogP contribution is 1.95. The Labute approximate surface area is 102 Å². The molecule has 2 amide bonds. The number of rotatable bonds is 9. The summed E-state index contributed by atoms with van der Waals surface area (Å²) in [4.78, 5) is 21.7. The van der Waals surface area contributed by atoms with Gasteiger partial charge in [-0.1, -0.05) is 19.8 Å². The van der Waals surface area contributed by atoms with Crippen molar-refractivity contribution in [2.45, 2.75) is 38.7 Å². The number of methoxy groups -OCH3 is 1. The van der Waals surface area contributed by atoms with Gasteiger partial charge in [-0.3, -0.25) is 4.79 Å². The van der Waals surface area contributed by atoms with Gasteiger partial charge in [0, 0.05) is 20.2 Å². The quantitative estimate of drug-likeness (QED) is 0.529. The van der Waals surface area contributed by atoms with Crippen molar-refractivity contribution in [3.63, 3.8) is 0 Å². The second-order valence-corrected chi connectivity index (χ2v) is 3.80. The SMILES string of the molecule is CCCCCNC(=O)NCC(CC(=O)O)OC. The molecule has 0 aromatic rings. The van der Waals surface area contributed by atoms with Crippen LogP contribution in [0.3, 0.4) is 0 Å². The van der Waals surface area contributed by atoms with Gasteiger partial charge in [-0.15, -0.1) is 0 Å². The van der Waals surface area contributed by atoms with E-state index in [-0.39, 0.29) is 19.0 Å². The highest BCUT2D eigenvalue weighted by molar-refractivity contribution is 5.74. The molecular weight excluding hydrogens is 224 g/mol. The van der Waals surface area contributed by atoms with E-state index in [2.05, 4.69) is 17.6 Å². The second kappa shape index (κ2) is 9.89. The molecule has 0 aromatic heterocycles. The first kappa shape index (κ1) is 15.7. The minimum absolute atomic E-state index is 0.118. The van der Waals surface area contributed by atoms with Crippen molar-refractivity contribution in [1.82, 2.24) is 10.6 Å². The third-order valence-corrected chi connectivity index (χ3v) is 2.29. The van der Waals surface area contributed by atoms with Gasteiger partial charge in [-0.25, -0.2) is 4.79 Å². The Morgan fingerprint density at radius 1 is 1.29 bits per heavy atom. The summed E-state index contributed by atoms with van der Waals surface area (Å²) in [5, 5.41) is 13.8. The first-order chi connectivity index (χ1) is 8.10. The molecular formula is C11H22N2O4. The number of nitrogens with one attached hydrogen (secondary N) is 2. The Bertz CT molecular complexity index is 234. The molecule has 0 rings (SSSR count). The lowest BCUT2D eigenvalue weighted by atomic mass is 10.2. The number of hydrogen-bond donors (Lipinski definition) is 3. The van der Waals surface area contributed by atoms with E-state index in [1.807, 2.05) is 0 Å². The zero-order valence-electron chi connectivity index (χ0n) is 10.5. The molecule has 0 aliphatic heterocycles. The van der Waals surface area contributed by atoms with Gasteiger partial charge >= 0.3 is 12.0 Å². The summed E-state index contributed by atoms with van der Waals surface area (Å²) < 4.78 is 4.93. The fraction of sp³-hybridized carbons (Fsp3) is 0.818. The maximum atomic E-state index is 11.3. The van der Waals surface area contributed by atoms with E-state index < -0.39 is 12.1 Å². The van der Waals surface area contributed by atoms with Gasteiger partial charge in [-0.05, 0) is 6.42 Å². The standard InChI is InChI=1S/C11H22N2O4/c1-3-4-5-6-12-11(16)13-8-9(17-2)7-10(14)15/h9H,3-8H2,1-2H3,(H,14,15)(H2,12,13,16). The van der Waals surface area contributed by atoms with Crippen LogP contribution in [0.5, 0.6) is 0 Å². The molecule has 0 saturated heterocycles. The van der Waals surface area contributed by atoms with Gasteiger partial charge in [0.15, 0.2) is 0 Å². The lowest BCUT2D eigenvalue weighted by Crippen LogP contribution is -2.41. The Morgan fingerprint density at radius 2 is 2.00 bits per heavy atom. The molecule has 17 heavy (non-hydrogen) atoms. The van der Waals surface area contributed by atoms with Gasteiger partial charge in [0.2, 0.25) is 0 Å². The molecule has 1 unspecified atom stereocenters. The predicted molar refractivity (Wildman–Crippen MR) is 64.0 cm³/mol. The average molecular weight is 246 g/mol. The third kappa shape index (κ3) is 9.62. The number of urea groups is 1. The topological polar surface area (TPSA) is 87.7 Å². The maximum absolute atomic E-state index is 11.3. The molecule has 0 aromatic carbocycles. The third-order valence-electron chi connectivity index (χ3n) is 2.29. The fourth-order valence-electron chi connectivity index (χ4n) is 1.28. The molecule has 0 spiro atoms. The van der Waals surface area contributed by atoms with Crippen LogP contribution < -0.4 is 10.6 Å². The van der Waals surface area contributed by atoms with E-state index in [0.29, 0.717) is 6.54 Å². The molecule has 3 N–H and O–H groups in total. The zero-order valence-corrected chi connectivity index (χ0v) is 10.5. The van der Waals surface area contributed by atoms with Crippen molar-refractivity contribution in [3.8, 4) is 0 Å². The van der Waals surface area contributed by atoms with E-state index in [0.717, 1.165) is 19.3 Å². The maximum Gasteiger partial charge on any atom is 0.314 e. The number of carboxylic acid groups (broad SMARTS) is 1. The smallest absolute Gasteiger partial charge is 0.314 e. The minimum Gasteiger partial charge on any atom is -0.481 e. The molecule has 0 radical (unpaired) electrons. The van der Waals surface area contributed by atoms with Crippen LogP contribution in [-0.2, 0) is 9.53 Å². The Kier molecular flexibility index (Phi) is 9.14. The molecule has 0 fully saturated rings. The normalized spacial score (nSPS) is 11.9. The number of unbranched alkanes of at least 4 members (excludes halogenated alkanes) is 2. The van der Waals surface area contributed by atoms with Crippen molar-refractivity contribution >= 4 is 12.0 Å². The first-order valence-electron chi connectivity index (χ1n) is 5.86. The van der Waals surface area contributed by atoms with Crippen LogP contribution in [0.25, 0.3) is 0 Å². The second-order valence-electron chi connectivity index (χ2n) is 3.80. The summed E-state index contributed by atoms with van der Waals surface area (Å²) in [6.07, 6.45) is 2.53. The number of carboxylic acids is 1. The van der Waals surface area contributed by atoms with Gasteiger partial charge in [-0.2, -0.15) is 0 Å². The molecule has 0 saturated carbocycles. The van der Waals surface area contributed by atoms with Gasteiger partial charge < -0.3 is 20.5 Å². The molecule has 0 aliphatic rings. The zero-order chi connectivity index (χ0) is 13.1. The van der Waals surface area contributed by atoms with E-state index in [1.165, 1.54) is 7.11 Å². The molecule has 1 atom stereocenters. The molecule has 0 bridgehead atoms. The number of amides is 2. The summed E-state index contributed by atoms with van der Waals surface area (Å²) in [5.74, 6) is -0.943. The van der Waals surface area contributed by atoms with Crippen molar-refractivity contribution in [3.05, 3.63) is 0 Å². The van der Waals surface area contributed by atoms with Crippen LogP contribution in [0.1, 0.15) is 32.6 Å². The number of carbonyl (C=O) groups is 2. The number of ether oxygens (including phenoxy) is 1. The summed E-state index contributed by atoms with van der Waals surface area (Å²) in [5.41, 5.74) is 0. The summed E-state index contributed by atoms with van der Waals surface area (Å²) in [6.45, 7) is 2.92. The number of aliphatic carboxylic acids is 1. The van der Waals surface area contributed by atoms with E-state index in [1.54, 1.807) is 0 Å². The van der Waals surface area contributed by atoms with Gasteiger partial charge in [0.25, 0.3) is 0 Å². The van der Waals surface area contributed by atoms with Gasteiger partial charge in [0.05, 0.1) is 12.5 Å². The van der Waals surface area contributed by atoms with E-state index >= 15 is 0 Å². The van der Waals surface area contributed by atoms with Crippen LogP contribution in [0.15, 0.2) is 0 Å². The molecule has 0 aliphatic carbocycles. The summed E-state index contributed by atoms with van der Waals surface area (Å²) >= 11 is 0. The Hall–Kier alpha value is -1.30. The lowest BCUT2D eigenvalue weighted by molar-refractivity contribution is -0.139. The molecule has 6 nitrogen and oxygen atoms in total. The average Bonchev–Trinajstić information content (AvgIpc) is 2.29. The van der Waals surface area contributed by atoms with Crippen molar-refractivity contribution in [2.24, 2.45) is 0 Å². The van der Waals surface area contributed by atoms with Crippen molar-refractivity contribution in [1.29, 1.82) is 0 Å². The monoisotopic (exact) mass is 246 g/mol. The van der Waals surface area contributed by atoms with E-state index in [9.17, 15) is 9.59 Å². The Balaban J connectivity index is 3.62. The van der Waals surface area contributed by atoms with Crippen LogP contribution in [0.2, 0.25) is 0 Å². The largest absolute Gasteiger partial charge is 0.481 e. The molecule has 6 heteroatoms. The number of carbonyl (C=O) groups excluding carboxylic acids is 1. The van der Waals surface area contributed by atoms with E-state index in [4.69, 9.17) is 9.84 Å². The van der Waals surface area contributed by atoms with Crippen LogP contribution >= 0.6 is 0 Å². The molecule has 100 valence electrons. The highest BCUT2D eigenvalue weighted by atomic mass is 16.5. The minimum atomic E-state index is -0.943. The highest BCUT2D eigenvalue weighted by Gasteiger charge is 2.12. The lowest BCUT2D eigenvalue weighted by Gasteiger charge is -2.14. The van der Waals surface area contributed by atoms with Crippen LogP contribution in [-0.4, -0.2) is 43.4 Å². The first-order valence-corrected chi connectivity index (χ1v) is 5.86.